The lowest BCUT2D eigenvalue weighted by Gasteiger charge is -2.12. The van der Waals surface area contributed by atoms with Crippen LogP contribution in [-0.2, 0) is 0 Å². The molecule has 2 aliphatic rings. The molecule has 1 fully saturated rings. The standard InChI is InChI=1S/C5H8N2S/c1-2-7-3-4-8-5(7)6-1/h1-2,5-6H,3-4H2/t5-/m0/s1. The molecule has 1 saturated heterocycles. The number of fused-ring (bicyclic) bond motifs is 1. The molecule has 1 atom stereocenters. The number of thioether (sulfide) groups is 1. The first-order chi connectivity index (χ1) is 3.97. The van der Waals surface area contributed by atoms with Crippen LogP contribution in [0.4, 0.5) is 0 Å². The molecule has 44 valence electrons. The Hall–Kier alpha value is -0.310. The molecule has 0 amide bonds. The van der Waals surface area contributed by atoms with Gasteiger partial charge in [0.1, 0.15) is 5.50 Å². The molecule has 0 aromatic heterocycles. The van der Waals surface area contributed by atoms with E-state index in [0.29, 0.717) is 5.50 Å². The highest BCUT2D eigenvalue weighted by Gasteiger charge is 2.23. The third-order valence-electron chi connectivity index (χ3n) is 1.43. The predicted molar refractivity (Wildman–Crippen MR) is 35.2 cm³/mol. The summed E-state index contributed by atoms with van der Waals surface area (Å²) in [6, 6.07) is 0. The Morgan fingerprint density at radius 3 is 3.62 bits per heavy atom. The minimum absolute atomic E-state index is 0.565. The van der Waals surface area contributed by atoms with Gasteiger partial charge in [-0.05, 0) is 0 Å². The molecule has 0 aliphatic carbocycles. The molecular weight excluding hydrogens is 120 g/mol. The van der Waals surface area contributed by atoms with Crippen molar-refractivity contribution in [3.8, 4) is 0 Å². The van der Waals surface area contributed by atoms with Crippen LogP contribution in [0.15, 0.2) is 12.4 Å². The Balaban J connectivity index is 2.13. The largest absolute Gasteiger partial charge is 0.362 e. The van der Waals surface area contributed by atoms with Gasteiger partial charge in [0.2, 0.25) is 0 Å². The van der Waals surface area contributed by atoms with Crippen LogP contribution < -0.4 is 5.32 Å². The highest BCUT2D eigenvalue weighted by atomic mass is 32.2. The van der Waals surface area contributed by atoms with Crippen LogP contribution in [-0.4, -0.2) is 22.7 Å². The van der Waals surface area contributed by atoms with Gasteiger partial charge in [-0.2, -0.15) is 0 Å². The molecule has 2 rings (SSSR count). The second-order valence-electron chi connectivity index (χ2n) is 1.94. The van der Waals surface area contributed by atoms with Crippen molar-refractivity contribution < 1.29 is 0 Å². The average molecular weight is 128 g/mol. The first-order valence-corrected chi connectivity index (χ1v) is 3.82. The fraction of sp³-hybridized carbons (Fsp3) is 0.600. The molecule has 2 heterocycles. The van der Waals surface area contributed by atoms with Gasteiger partial charge >= 0.3 is 0 Å². The third kappa shape index (κ3) is 0.508. The average Bonchev–Trinajstić information content (AvgIpc) is 2.15. The molecule has 2 nitrogen and oxygen atoms in total. The molecule has 8 heavy (non-hydrogen) atoms. The SMILES string of the molecule is C1=CN2CCS[C@H]2N1. The summed E-state index contributed by atoms with van der Waals surface area (Å²) in [5, 5.41) is 3.23. The quantitative estimate of drug-likeness (QED) is 0.508. The summed E-state index contributed by atoms with van der Waals surface area (Å²) in [5.74, 6) is 1.27. The molecular formula is C5H8N2S. The maximum atomic E-state index is 3.23. The topological polar surface area (TPSA) is 15.3 Å². The van der Waals surface area contributed by atoms with Crippen molar-refractivity contribution in [3.63, 3.8) is 0 Å². The van der Waals surface area contributed by atoms with E-state index in [0.717, 1.165) is 0 Å². The van der Waals surface area contributed by atoms with E-state index in [1.54, 1.807) is 0 Å². The van der Waals surface area contributed by atoms with Gasteiger partial charge in [0, 0.05) is 24.7 Å². The minimum Gasteiger partial charge on any atom is -0.362 e. The van der Waals surface area contributed by atoms with Crippen molar-refractivity contribution in [3.05, 3.63) is 12.4 Å². The molecule has 3 heteroatoms. The molecule has 0 aromatic rings. The lowest BCUT2D eigenvalue weighted by atomic mass is 10.6. The fourth-order valence-electron chi connectivity index (χ4n) is 1.00. The summed E-state index contributed by atoms with van der Waals surface area (Å²) in [6.45, 7) is 1.21. The second kappa shape index (κ2) is 1.58. The van der Waals surface area contributed by atoms with Gasteiger partial charge in [0.05, 0.1) is 0 Å². The molecule has 0 spiro atoms. The van der Waals surface area contributed by atoms with E-state index in [4.69, 9.17) is 0 Å². The third-order valence-corrected chi connectivity index (χ3v) is 2.57. The smallest absolute Gasteiger partial charge is 0.147 e. The Kier molecular flexibility index (Phi) is 0.903. The maximum absolute atomic E-state index is 3.23. The fourth-order valence-corrected chi connectivity index (χ4v) is 2.08. The summed E-state index contributed by atoms with van der Waals surface area (Å²) in [4.78, 5) is 2.31. The van der Waals surface area contributed by atoms with Crippen LogP contribution in [0.25, 0.3) is 0 Å². The van der Waals surface area contributed by atoms with E-state index >= 15 is 0 Å². The highest BCUT2D eigenvalue weighted by molar-refractivity contribution is 8.00. The molecule has 0 unspecified atom stereocenters. The van der Waals surface area contributed by atoms with Gasteiger partial charge in [-0.15, -0.1) is 11.8 Å². The second-order valence-corrected chi connectivity index (χ2v) is 3.13. The molecule has 0 bridgehead atoms. The summed E-state index contributed by atoms with van der Waals surface area (Å²) in [6.07, 6.45) is 4.13. The van der Waals surface area contributed by atoms with Crippen LogP contribution in [0.5, 0.6) is 0 Å². The van der Waals surface area contributed by atoms with Gasteiger partial charge in [-0.3, -0.25) is 0 Å². The van der Waals surface area contributed by atoms with Gasteiger partial charge in [-0.25, -0.2) is 0 Å². The molecule has 0 radical (unpaired) electrons. The Morgan fingerprint density at radius 2 is 2.75 bits per heavy atom. The number of hydrogen-bond acceptors (Lipinski definition) is 3. The zero-order valence-corrected chi connectivity index (χ0v) is 5.32. The van der Waals surface area contributed by atoms with Crippen LogP contribution in [0.3, 0.4) is 0 Å². The molecule has 2 aliphatic heterocycles. The van der Waals surface area contributed by atoms with Gasteiger partial charge < -0.3 is 10.2 Å². The van der Waals surface area contributed by atoms with E-state index in [1.807, 2.05) is 18.0 Å². The summed E-state index contributed by atoms with van der Waals surface area (Å²) >= 11 is 1.97. The summed E-state index contributed by atoms with van der Waals surface area (Å²) in [7, 11) is 0. The van der Waals surface area contributed by atoms with Gasteiger partial charge in [0.15, 0.2) is 0 Å². The van der Waals surface area contributed by atoms with Crippen molar-refractivity contribution in [2.75, 3.05) is 12.3 Å². The summed E-state index contributed by atoms with van der Waals surface area (Å²) < 4.78 is 0. The van der Waals surface area contributed by atoms with E-state index in [2.05, 4.69) is 16.4 Å². The van der Waals surface area contributed by atoms with Crippen LogP contribution >= 0.6 is 11.8 Å². The van der Waals surface area contributed by atoms with Crippen molar-refractivity contribution in [1.29, 1.82) is 0 Å². The monoisotopic (exact) mass is 128 g/mol. The van der Waals surface area contributed by atoms with E-state index in [9.17, 15) is 0 Å². The lowest BCUT2D eigenvalue weighted by Crippen LogP contribution is -2.26. The predicted octanol–water partition coefficient (Wildman–Crippen LogP) is 0.393. The normalized spacial score (nSPS) is 33.0. The number of rotatable bonds is 0. The molecule has 0 aromatic carbocycles. The maximum Gasteiger partial charge on any atom is 0.147 e. The van der Waals surface area contributed by atoms with E-state index < -0.39 is 0 Å². The first-order valence-electron chi connectivity index (χ1n) is 2.77. The number of nitrogens with zero attached hydrogens (tertiary/aromatic N) is 1. The number of hydrogen-bond donors (Lipinski definition) is 1. The molecule has 1 N–H and O–H groups in total. The van der Waals surface area contributed by atoms with Crippen molar-refractivity contribution >= 4 is 11.8 Å². The zero-order valence-electron chi connectivity index (χ0n) is 4.50. The van der Waals surface area contributed by atoms with Crippen LogP contribution in [0.2, 0.25) is 0 Å². The van der Waals surface area contributed by atoms with Crippen LogP contribution in [0, 0.1) is 0 Å². The number of nitrogens with one attached hydrogen (secondary N) is 1. The van der Waals surface area contributed by atoms with E-state index in [-0.39, 0.29) is 0 Å². The lowest BCUT2D eigenvalue weighted by molar-refractivity contribution is 0.405. The van der Waals surface area contributed by atoms with Crippen molar-refractivity contribution in [1.82, 2.24) is 10.2 Å². The van der Waals surface area contributed by atoms with Crippen LogP contribution in [0.1, 0.15) is 0 Å². The minimum atomic E-state index is 0.565. The Morgan fingerprint density at radius 1 is 1.75 bits per heavy atom. The first kappa shape index (κ1) is 4.56. The Labute approximate surface area is 52.9 Å². The van der Waals surface area contributed by atoms with Gasteiger partial charge in [-0.1, -0.05) is 0 Å². The van der Waals surface area contributed by atoms with E-state index in [1.165, 1.54) is 12.3 Å². The van der Waals surface area contributed by atoms with Gasteiger partial charge in [0.25, 0.3) is 0 Å². The summed E-state index contributed by atoms with van der Waals surface area (Å²) in [5.41, 5.74) is 0.565. The Bertz CT molecular complexity index is 124. The highest BCUT2D eigenvalue weighted by Crippen LogP contribution is 2.23. The zero-order chi connectivity index (χ0) is 5.40. The van der Waals surface area contributed by atoms with Crippen molar-refractivity contribution in [2.24, 2.45) is 0 Å². The van der Waals surface area contributed by atoms with Crippen molar-refractivity contribution in [2.45, 2.75) is 5.50 Å². The molecule has 0 saturated carbocycles.